The van der Waals surface area contributed by atoms with Crippen molar-refractivity contribution in [2.24, 2.45) is 5.92 Å². The maximum absolute atomic E-state index is 13.0. The molecule has 0 unspecified atom stereocenters. The first kappa shape index (κ1) is 22.9. The maximum Gasteiger partial charge on any atom is 0.274 e. The van der Waals surface area contributed by atoms with Crippen LogP contribution in [0, 0.1) is 5.92 Å². The van der Waals surface area contributed by atoms with Crippen LogP contribution in [0.3, 0.4) is 0 Å². The summed E-state index contributed by atoms with van der Waals surface area (Å²) in [6.07, 6.45) is 4.64. The van der Waals surface area contributed by atoms with Gasteiger partial charge in [0.25, 0.3) is 5.91 Å². The van der Waals surface area contributed by atoms with Gasteiger partial charge >= 0.3 is 0 Å². The lowest BCUT2D eigenvalue weighted by Gasteiger charge is -2.30. The highest BCUT2D eigenvalue weighted by atomic mass is 35.5. The zero-order chi connectivity index (χ0) is 24.4. The van der Waals surface area contributed by atoms with E-state index in [2.05, 4.69) is 25.5 Å². The van der Waals surface area contributed by atoms with Gasteiger partial charge in [0.15, 0.2) is 5.69 Å². The molecule has 1 aliphatic rings. The number of H-pyrrole nitrogens is 2. The van der Waals surface area contributed by atoms with Crippen molar-refractivity contribution in [1.29, 1.82) is 0 Å². The zero-order valence-corrected chi connectivity index (χ0v) is 19.9. The summed E-state index contributed by atoms with van der Waals surface area (Å²) in [4.78, 5) is 34.8. The lowest BCUT2D eigenvalue weighted by molar-refractivity contribution is -0.126. The van der Waals surface area contributed by atoms with E-state index in [4.69, 9.17) is 16.3 Å². The predicted octanol–water partition coefficient (Wildman–Crippen LogP) is 3.78. The van der Waals surface area contributed by atoms with E-state index in [9.17, 15) is 9.59 Å². The number of hydrogen-bond donors (Lipinski definition) is 3. The molecule has 9 nitrogen and oxygen atoms in total. The molecule has 1 fully saturated rings. The Morgan fingerprint density at radius 1 is 1.23 bits per heavy atom. The third kappa shape index (κ3) is 4.72. The number of fused-ring (bicyclic) bond motifs is 1. The number of para-hydroxylation sites is 1. The first-order valence-corrected chi connectivity index (χ1v) is 11.8. The summed E-state index contributed by atoms with van der Waals surface area (Å²) >= 11 is 6.26. The third-order valence-electron chi connectivity index (χ3n) is 6.41. The van der Waals surface area contributed by atoms with Gasteiger partial charge in [0.1, 0.15) is 0 Å². The fourth-order valence-corrected chi connectivity index (χ4v) is 4.62. The molecule has 10 heteroatoms. The van der Waals surface area contributed by atoms with Crippen LogP contribution in [0.1, 0.15) is 28.9 Å². The van der Waals surface area contributed by atoms with Gasteiger partial charge in [0, 0.05) is 54.3 Å². The number of nitrogens with zero attached hydrogens (tertiary/aromatic N) is 3. The number of pyridine rings is 1. The van der Waals surface area contributed by atoms with Crippen molar-refractivity contribution in [3.63, 3.8) is 0 Å². The Bertz CT molecular complexity index is 1370. The number of aromatic nitrogens is 4. The van der Waals surface area contributed by atoms with Gasteiger partial charge in [-0.15, -0.1) is 0 Å². The molecule has 0 bridgehead atoms. The van der Waals surface area contributed by atoms with Gasteiger partial charge in [-0.3, -0.25) is 14.7 Å². The number of piperidine rings is 1. The standard InChI is InChI=1S/C25H25ClN6O3/c1-35-23-10-18(19(26)14-28-23)21-11-22(31-30-21)25(34)32-8-6-15(7-9-32)24(33)29-13-16-12-27-20-5-3-2-4-17(16)20/h2-5,10-12,14-15,27H,6-9,13H2,1H3,(H,29,33)(H,30,31). The average molecular weight is 493 g/mol. The number of nitrogens with one attached hydrogen (secondary N) is 3. The van der Waals surface area contributed by atoms with Crippen LogP contribution in [-0.2, 0) is 11.3 Å². The first-order chi connectivity index (χ1) is 17.0. The molecule has 35 heavy (non-hydrogen) atoms. The number of halogens is 1. The minimum absolute atomic E-state index is 0.0192. The minimum Gasteiger partial charge on any atom is -0.481 e. The largest absolute Gasteiger partial charge is 0.481 e. The zero-order valence-electron chi connectivity index (χ0n) is 19.2. The van der Waals surface area contributed by atoms with E-state index in [0.717, 1.165) is 16.5 Å². The number of aromatic amines is 2. The second-order valence-electron chi connectivity index (χ2n) is 8.52. The van der Waals surface area contributed by atoms with Gasteiger partial charge in [0.05, 0.1) is 24.0 Å². The Kier molecular flexibility index (Phi) is 6.41. The van der Waals surface area contributed by atoms with E-state index in [0.29, 0.717) is 60.3 Å². The molecule has 0 atom stereocenters. The summed E-state index contributed by atoms with van der Waals surface area (Å²) in [5, 5.41) is 11.6. The molecule has 0 spiro atoms. The van der Waals surface area contributed by atoms with Crippen LogP contribution < -0.4 is 10.1 Å². The number of benzene rings is 1. The van der Waals surface area contributed by atoms with Crippen molar-refractivity contribution in [1.82, 2.24) is 30.4 Å². The van der Waals surface area contributed by atoms with Gasteiger partial charge in [-0.1, -0.05) is 29.8 Å². The van der Waals surface area contributed by atoms with E-state index in [1.54, 1.807) is 17.0 Å². The van der Waals surface area contributed by atoms with Crippen molar-refractivity contribution in [2.75, 3.05) is 20.2 Å². The van der Waals surface area contributed by atoms with Crippen molar-refractivity contribution in [2.45, 2.75) is 19.4 Å². The molecule has 4 heterocycles. The number of rotatable bonds is 6. The van der Waals surface area contributed by atoms with E-state index in [1.165, 1.54) is 13.3 Å². The number of carbonyl (C=O) groups excluding carboxylic acids is 2. The van der Waals surface area contributed by atoms with Crippen LogP contribution in [0.4, 0.5) is 0 Å². The minimum atomic E-state index is -0.178. The molecule has 1 saturated heterocycles. The van der Waals surface area contributed by atoms with Crippen LogP contribution >= 0.6 is 11.6 Å². The monoisotopic (exact) mass is 492 g/mol. The van der Waals surface area contributed by atoms with Gasteiger partial charge in [-0.05, 0) is 30.5 Å². The number of methoxy groups -OCH3 is 1. The molecule has 3 aromatic heterocycles. The first-order valence-electron chi connectivity index (χ1n) is 11.4. The fourth-order valence-electron chi connectivity index (χ4n) is 4.42. The molecule has 0 radical (unpaired) electrons. The van der Waals surface area contributed by atoms with Crippen LogP contribution in [0.15, 0.2) is 48.8 Å². The van der Waals surface area contributed by atoms with Gasteiger partial charge in [0.2, 0.25) is 11.8 Å². The number of likely N-dealkylation sites (tertiary alicyclic amines) is 1. The average Bonchev–Trinajstić information content (AvgIpc) is 3.55. The lowest BCUT2D eigenvalue weighted by atomic mass is 9.95. The van der Waals surface area contributed by atoms with Crippen LogP contribution in [0.5, 0.6) is 5.88 Å². The molecule has 1 aromatic carbocycles. The molecule has 0 saturated carbocycles. The summed E-state index contributed by atoms with van der Waals surface area (Å²) in [5.74, 6) is 0.131. The maximum atomic E-state index is 13.0. The molecule has 1 aliphatic heterocycles. The Morgan fingerprint density at radius 2 is 2.03 bits per heavy atom. The molecular weight excluding hydrogens is 468 g/mol. The lowest BCUT2D eigenvalue weighted by Crippen LogP contribution is -2.43. The topological polar surface area (TPSA) is 116 Å². The molecule has 5 rings (SSSR count). The summed E-state index contributed by atoms with van der Waals surface area (Å²) < 4.78 is 5.15. The molecule has 3 N–H and O–H groups in total. The number of ether oxygens (including phenoxy) is 1. The highest BCUT2D eigenvalue weighted by Crippen LogP contribution is 2.29. The fraction of sp³-hybridized carbons (Fsp3) is 0.280. The molecule has 4 aromatic rings. The number of hydrogen-bond acceptors (Lipinski definition) is 5. The summed E-state index contributed by atoms with van der Waals surface area (Å²) in [7, 11) is 1.52. The second-order valence-corrected chi connectivity index (χ2v) is 8.92. The highest BCUT2D eigenvalue weighted by molar-refractivity contribution is 6.33. The smallest absolute Gasteiger partial charge is 0.274 e. The van der Waals surface area contributed by atoms with Crippen molar-refractivity contribution in [3.8, 4) is 17.1 Å². The van der Waals surface area contributed by atoms with Gasteiger partial charge in [-0.25, -0.2) is 4.98 Å². The summed E-state index contributed by atoms with van der Waals surface area (Å²) in [5.41, 5.74) is 3.66. The highest BCUT2D eigenvalue weighted by Gasteiger charge is 2.29. The molecule has 2 amide bonds. The van der Waals surface area contributed by atoms with E-state index < -0.39 is 0 Å². The van der Waals surface area contributed by atoms with E-state index in [-0.39, 0.29) is 17.7 Å². The van der Waals surface area contributed by atoms with Crippen LogP contribution in [0.2, 0.25) is 5.02 Å². The Labute approximate surface area is 206 Å². The normalized spacial score (nSPS) is 14.3. The molecule has 180 valence electrons. The van der Waals surface area contributed by atoms with E-state index in [1.807, 2.05) is 30.5 Å². The summed E-state index contributed by atoms with van der Waals surface area (Å²) in [6, 6.07) is 11.4. The Morgan fingerprint density at radius 3 is 2.83 bits per heavy atom. The summed E-state index contributed by atoms with van der Waals surface area (Å²) in [6.45, 7) is 1.46. The number of carbonyl (C=O) groups is 2. The van der Waals surface area contributed by atoms with Crippen LogP contribution in [0.25, 0.3) is 22.2 Å². The molecular formula is C25H25ClN6O3. The predicted molar refractivity (Wildman–Crippen MR) is 132 cm³/mol. The Hall–Kier alpha value is -3.85. The third-order valence-corrected chi connectivity index (χ3v) is 6.71. The second kappa shape index (κ2) is 9.79. The van der Waals surface area contributed by atoms with Crippen molar-refractivity contribution < 1.29 is 14.3 Å². The van der Waals surface area contributed by atoms with Gasteiger partial charge < -0.3 is 19.9 Å². The number of amides is 2. The van der Waals surface area contributed by atoms with Crippen molar-refractivity contribution >= 4 is 34.3 Å². The van der Waals surface area contributed by atoms with Crippen molar-refractivity contribution in [3.05, 3.63) is 65.1 Å². The SMILES string of the molecule is COc1cc(-c2cc(C(=O)N3CCC(C(=O)NCc4c[nH]c5ccccc45)CC3)n[nH]2)c(Cl)cn1. The molecule has 0 aliphatic carbocycles. The quantitative estimate of drug-likeness (QED) is 0.379. The Balaban J connectivity index is 1.17. The van der Waals surface area contributed by atoms with Crippen LogP contribution in [-0.4, -0.2) is 57.1 Å². The van der Waals surface area contributed by atoms with Gasteiger partial charge in [-0.2, -0.15) is 5.10 Å². The van der Waals surface area contributed by atoms with E-state index >= 15 is 0 Å².